The lowest BCUT2D eigenvalue weighted by Gasteiger charge is -2.36. The maximum Gasteiger partial charge on any atom is 0.329 e. The Kier molecular flexibility index (Phi) is 5.99. The number of benzene rings is 2. The Labute approximate surface area is 159 Å². The zero-order valence-electron chi connectivity index (χ0n) is 15.1. The average molecular weight is 363 g/mol. The summed E-state index contributed by atoms with van der Waals surface area (Å²) in [7, 11) is 0. The molecular weight excluding hydrogens is 341 g/mol. The molecule has 0 saturated heterocycles. The molecule has 1 heterocycles. The number of nitrogens with zero attached hydrogens (tertiary/aromatic N) is 1. The Hall–Kier alpha value is -2.98. The van der Waals surface area contributed by atoms with Crippen molar-refractivity contribution in [2.75, 3.05) is 13.1 Å². The van der Waals surface area contributed by atoms with E-state index in [-0.39, 0.29) is 17.7 Å². The Morgan fingerprint density at radius 2 is 1.63 bits per heavy atom. The van der Waals surface area contributed by atoms with Crippen LogP contribution in [0.25, 0.3) is 5.76 Å². The first-order valence-corrected chi connectivity index (χ1v) is 8.84. The Bertz CT molecular complexity index is 832. The number of ether oxygens (including phenoxy) is 1. The van der Waals surface area contributed by atoms with Crippen LogP contribution in [-0.2, 0) is 9.53 Å². The van der Waals surface area contributed by atoms with Gasteiger partial charge in [0.05, 0.1) is 0 Å². The van der Waals surface area contributed by atoms with Gasteiger partial charge in [0.15, 0.2) is 0 Å². The Morgan fingerprint density at radius 1 is 1.00 bits per heavy atom. The van der Waals surface area contributed by atoms with Gasteiger partial charge in [-0.2, -0.15) is 0 Å². The van der Waals surface area contributed by atoms with Gasteiger partial charge < -0.3 is 4.74 Å². The van der Waals surface area contributed by atoms with Gasteiger partial charge >= 0.3 is 5.97 Å². The third-order valence-corrected chi connectivity index (χ3v) is 4.56. The quantitative estimate of drug-likeness (QED) is 0.534. The molecule has 0 N–H and O–H groups in total. The molecule has 0 radical (unpaired) electrons. The first-order valence-electron chi connectivity index (χ1n) is 8.84. The summed E-state index contributed by atoms with van der Waals surface area (Å²) >= 11 is 0. The third kappa shape index (κ3) is 4.23. The predicted octanol–water partition coefficient (Wildman–Crippen LogP) is 4.55. The molecule has 27 heavy (non-hydrogen) atoms. The molecule has 2 aromatic carbocycles. The van der Waals surface area contributed by atoms with Crippen LogP contribution >= 0.6 is 0 Å². The molecule has 0 aliphatic carbocycles. The van der Waals surface area contributed by atoms with Crippen LogP contribution in [0.15, 0.2) is 86.0 Å². The molecule has 0 amide bonds. The fourth-order valence-corrected chi connectivity index (χ4v) is 3.34. The van der Waals surface area contributed by atoms with E-state index in [9.17, 15) is 9.18 Å². The lowest BCUT2D eigenvalue weighted by atomic mass is 9.87. The smallest absolute Gasteiger partial charge is 0.329 e. The molecule has 1 aliphatic rings. The predicted molar refractivity (Wildman–Crippen MR) is 105 cm³/mol. The number of cyclic esters (lactones) is 1. The van der Waals surface area contributed by atoms with E-state index < -0.39 is 6.04 Å². The van der Waals surface area contributed by atoms with Crippen molar-refractivity contribution >= 4 is 11.7 Å². The molecule has 2 atom stereocenters. The van der Waals surface area contributed by atoms with Crippen molar-refractivity contribution in [3.63, 3.8) is 0 Å². The summed E-state index contributed by atoms with van der Waals surface area (Å²) in [6.45, 7) is 8.66. The van der Waals surface area contributed by atoms with Gasteiger partial charge in [0.2, 0.25) is 0 Å². The van der Waals surface area contributed by atoms with E-state index in [2.05, 4.69) is 13.2 Å². The van der Waals surface area contributed by atoms with Crippen LogP contribution in [0, 0.1) is 5.82 Å². The van der Waals surface area contributed by atoms with Crippen LogP contribution in [0.2, 0.25) is 0 Å². The third-order valence-electron chi connectivity index (χ3n) is 4.56. The van der Waals surface area contributed by atoms with E-state index in [1.807, 2.05) is 41.3 Å². The van der Waals surface area contributed by atoms with E-state index in [1.54, 1.807) is 24.3 Å². The van der Waals surface area contributed by atoms with Crippen molar-refractivity contribution in [1.29, 1.82) is 0 Å². The second-order valence-electron chi connectivity index (χ2n) is 6.37. The Balaban J connectivity index is 2.06. The van der Waals surface area contributed by atoms with Crippen LogP contribution in [0.4, 0.5) is 4.39 Å². The molecule has 0 spiro atoms. The van der Waals surface area contributed by atoms with E-state index in [0.29, 0.717) is 24.4 Å². The normalized spacial score (nSPS) is 19.3. The molecule has 1 aliphatic heterocycles. The molecule has 3 rings (SSSR count). The standard InChI is InChI=1S/C23H22FNO2/c1-3-14-25(15-4-2)22-20(17-8-6-5-7-9-17)16-21(27-23(22)26)18-10-12-19(24)13-11-18/h3-13,16,20,22H,1-2,14-15H2/t20-,22-/m1/s1. The number of carbonyl (C=O) groups is 1. The highest BCUT2D eigenvalue weighted by molar-refractivity contribution is 5.87. The number of rotatable bonds is 7. The number of esters is 1. The van der Waals surface area contributed by atoms with Crippen LogP contribution in [0.1, 0.15) is 17.0 Å². The number of hydrogen-bond acceptors (Lipinski definition) is 3. The Morgan fingerprint density at radius 3 is 2.22 bits per heavy atom. The van der Waals surface area contributed by atoms with Gasteiger partial charge in [-0.15, -0.1) is 13.2 Å². The second-order valence-corrected chi connectivity index (χ2v) is 6.37. The summed E-state index contributed by atoms with van der Waals surface area (Å²) in [5, 5.41) is 0. The largest absolute Gasteiger partial charge is 0.425 e. The van der Waals surface area contributed by atoms with Gasteiger partial charge in [-0.1, -0.05) is 42.5 Å². The van der Waals surface area contributed by atoms with Crippen LogP contribution < -0.4 is 0 Å². The highest BCUT2D eigenvalue weighted by Crippen LogP contribution is 2.35. The molecule has 2 aromatic rings. The van der Waals surface area contributed by atoms with Crippen LogP contribution in [-0.4, -0.2) is 30.0 Å². The minimum Gasteiger partial charge on any atom is -0.425 e. The van der Waals surface area contributed by atoms with Crippen molar-refractivity contribution in [3.05, 3.63) is 103 Å². The molecule has 0 unspecified atom stereocenters. The minimum atomic E-state index is -0.493. The SMILES string of the molecule is C=CCN(CC=C)[C@H]1C(=O)OC(c2ccc(F)cc2)=C[C@@H]1c1ccccc1. The molecule has 138 valence electrons. The van der Waals surface area contributed by atoms with Crippen molar-refractivity contribution in [2.24, 2.45) is 0 Å². The molecule has 0 saturated carbocycles. The van der Waals surface area contributed by atoms with E-state index in [4.69, 9.17) is 4.74 Å². The van der Waals surface area contributed by atoms with Gasteiger partial charge in [0, 0.05) is 24.6 Å². The molecule has 0 aromatic heterocycles. The summed E-state index contributed by atoms with van der Waals surface area (Å²) < 4.78 is 18.9. The molecule has 3 nitrogen and oxygen atoms in total. The fourth-order valence-electron chi connectivity index (χ4n) is 3.34. The maximum atomic E-state index is 13.3. The molecule has 0 fully saturated rings. The summed E-state index contributed by atoms with van der Waals surface area (Å²) in [4.78, 5) is 15.0. The highest BCUT2D eigenvalue weighted by atomic mass is 19.1. The molecule has 4 heteroatoms. The topological polar surface area (TPSA) is 29.5 Å². The fraction of sp³-hybridized carbons (Fsp3) is 0.174. The highest BCUT2D eigenvalue weighted by Gasteiger charge is 2.38. The van der Waals surface area contributed by atoms with Crippen molar-refractivity contribution < 1.29 is 13.9 Å². The first kappa shape index (κ1) is 18.8. The van der Waals surface area contributed by atoms with Crippen molar-refractivity contribution in [3.8, 4) is 0 Å². The number of carbonyl (C=O) groups excluding carboxylic acids is 1. The lowest BCUT2D eigenvalue weighted by Crippen LogP contribution is -2.47. The maximum absolute atomic E-state index is 13.3. The monoisotopic (exact) mass is 363 g/mol. The van der Waals surface area contributed by atoms with E-state index in [1.165, 1.54) is 12.1 Å². The molecular formula is C23H22FNO2. The van der Waals surface area contributed by atoms with Crippen LogP contribution in [0.3, 0.4) is 0 Å². The summed E-state index contributed by atoms with van der Waals surface area (Å²) in [6, 6.07) is 15.3. The van der Waals surface area contributed by atoms with Crippen molar-refractivity contribution in [2.45, 2.75) is 12.0 Å². The van der Waals surface area contributed by atoms with Gasteiger partial charge in [-0.25, -0.2) is 9.18 Å². The minimum absolute atomic E-state index is 0.201. The van der Waals surface area contributed by atoms with Gasteiger partial charge in [-0.05, 0) is 35.9 Å². The zero-order valence-corrected chi connectivity index (χ0v) is 15.1. The van der Waals surface area contributed by atoms with E-state index in [0.717, 1.165) is 5.56 Å². The van der Waals surface area contributed by atoms with Crippen LogP contribution in [0.5, 0.6) is 0 Å². The molecule has 0 bridgehead atoms. The van der Waals surface area contributed by atoms with E-state index >= 15 is 0 Å². The zero-order chi connectivity index (χ0) is 19.2. The first-order chi connectivity index (χ1) is 13.1. The van der Waals surface area contributed by atoms with Crippen molar-refractivity contribution in [1.82, 2.24) is 4.90 Å². The summed E-state index contributed by atoms with van der Waals surface area (Å²) in [5.74, 6) is -0.425. The number of halogens is 1. The summed E-state index contributed by atoms with van der Waals surface area (Å²) in [6.07, 6.45) is 5.46. The van der Waals surface area contributed by atoms with Gasteiger partial charge in [0.1, 0.15) is 17.6 Å². The lowest BCUT2D eigenvalue weighted by molar-refractivity contribution is -0.144. The average Bonchev–Trinajstić information content (AvgIpc) is 2.68. The number of hydrogen-bond donors (Lipinski definition) is 0. The van der Waals surface area contributed by atoms with Gasteiger partial charge in [-0.3, -0.25) is 4.90 Å². The van der Waals surface area contributed by atoms with Gasteiger partial charge in [0.25, 0.3) is 0 Å². The summed E-state index contributed by atoms with van der Waals surface area (Å²) in [5.41, 5.74) is 1.68. The second kappa shape index (κ2) is 8.60.